The highest BCUT2D eigenvalue weighted by molar-refractivity contribution is 6.32. The van der Waals surface area contributed by atoms with Gasteiger partial charge in [-0.05, 0) is 43.3 Å². The topological polar surface area (TPSA) is 84.8 Å². The van der Waals surface area contributed by atoms with E-state index in [1.165, 1.54) is 0 Å². The summed E-state index contributed by atoms with van der Waals surface area (Å²) in [7, 11) is 1.58. The molecule has 2 amide bonds. The van der Waals surface area contributed by atoms with Gasteiger partial charge in [0.05, 0.1) is 19.3 Å². The van der Waals surface area contributed by atoms with Crippen molar-refractivity contribution in [2.45, 2.75) is 6.92 Å². The van der Waals surface area contributed by atoms with E-state index in [9.17, 15) is 9.59 Å². The predicted octanol–water partition coefficient (Wildman–Crippen LogP) is 1.23. The first-order valence-electron chi connectivity index (χ1n) is 8.19. The van der Waals surface area contributed by atoms with Gasteiger partial charge >= 0.3 is 0 Å². The SMILES string of the molecule is CC[NH+](CC(=O)Nc1ccc(OC)cc1)CC(=O)Nc1cccnc1Cl. The molecule has 7 nitrogen and oxygen atoms in total. The number of nitrogens with zero attached hydrogens (tertiary/aromatic N) is 1. The minimum Gasteiger partial charge on any atom is -0.497 e. The maximum Gasteiger partial charge on any atom is 0.279 e. The van der Waals surface area contributed by atoms with Crippen LogP contribution in [0.4, 0.5) is 11.4 Å². The summed E-state index contributed by atoms with van der Waals surface area (Å²) in [5.41, 5.74) is 1.13. The van der Waals surface area contributed by atoms with Crippen LogP contribution in [0.25, 0.3) is 0 Å². The number of carbonyl (C=O) groups excluding carboxylic acids is 2. The number of benzene rings is 1. The van der Waals surface area contributed by atoms with Crippen molar-refractivity contribution in [1.29, 1.82) is 0 Å². The molecule has 0 radical (unpaired) electrons. The number of quaternary nitrogens is 1. The van der Waals surface area contributed by atoms with Crippen LogP contribution in [0.5, 0.6) is 5.75 Å². The van der Waals surface area contributed by atoms with E-state index in [1.807, 2.05) is 6.92 Å². The van der Waals surface area contributed by atoms with Crippen molar-refractivity contribution < 1.29 is 19.2 Å². The van der Waals surface area contributed by atoms with Crippen LogP contribution < -0.4 is 20.3 Å². The van der Waals surface area contributed by atoms with Crippen molar-refractivity contribution in [3.8, 4) is 5.75 Å². The van der Waals surface area contributed by atoms with E-state index in [0.717, 1.165) is 10.6 Å². The molecule has 0 aliphatic rings. The average molecular weight is 378 g/mol. The second-order valence-corrected chi connectivity index (χ2v) is 5.98. The molecular formula is C18H22ClN4O3+. The van der Waals surface area contributed by atoms with Gasteiger partial charge in [0.1, 0.15) is 5.75 Å². The van der Waals surface area contributed by atoms with E-state index in [1.54, 1.807) is 49.7 Å². The summed E-state index contributed by atoms with van der Waals surface area (Å²) in [6.07, 6.45) is 1.55. The molecule has 0 fully saturated rings. The van der Waals surface area contributed by atoms with Gasteiger partial charge in [-0.1, -0.05) is 11.6 Å². The lowest BCUT2D eigenvalue weighted by atomic mass is 10.3. The lowest BCUT2D eigenvalue weighted by molar-refractivity contribution is -0.881. The monoisotopic (exact) mass is 377 g/mol. The van der Waals surface area contributed by atoms with Gasteiger partial charge < -0.3 is 20.3 Å². The smallest absolute Gasteiger partial charge is 0.279 e. The summed E-state index contributed by atoms with van der Waals surface area (Å²) in [5.74, 6) is 0.322. The summed E-state index contributed by atoms with van der Waals surface area (Å²) in [4.78, 5) is 29.1. The fraction of sp³-hybridized carbons (Fsp3) is 0.278. The molecule has 0 saturated heterocycles. The van der Waals surface area contributed by atoms with Crippen molar-refractivity contribution in [3.05, 3.63) is 47.7 Å². The third kappa shape index (κ3) is 6.02. The molecule has 2 aromatic rings. The van der Waals surface area contributed by atoms with Gasteiger partial charge in [0, 0.05) is 11.9 Å². The number of anilines is 2. The molecule has 0 aliphatic carbocycles. The Morgan fingerprint density at radius 2 is 1.77 bits per heavy atom. The number of rotatable bonds is 8. The molecule has 8 heteroatoms. The van der Waals surface area contributed by atoms with Crippen molar-refractivity contribution in [1.82, 2.24) is 4.98 Å². The lowest BCUT2D eigenvalue weighted by Crippen LogP contribution is -3.13. The minimum atomic E-state index is -0.228. The summed E-state index contributed by atoms with van der Waals surface area (Å²) < 4.78 is 5.08. The van der Waals surface area contributed by atoms with Crippen LogP contribution in [0.2, 0.25) is 5.15 Å². The second kappa shape index (κ2) is 9.74. The van der Waals surface area contributed by atoms with Gasteiger partial charge in [-0.15, -0.1) is 0 Å². The molecular weight excluding hydrogens is 356 g/mol. The molecule has 138 valence electrons. The van der Waals surface area contributed by atoms with Crippen molar-refractivity contribution >= 4 is 34.8 Å². The summed E-state index contributed by atoms with van der Waals surface area (Å²) in [6, 6.07) is 10.4. The zero-order valence-electron chi connectivity index (χ0n) is 14.7. The van der Waals surface area contributed by atoms with Crippen LogP contribution in [0.15, 0.2) is 42.6 Å². The van der Waals surface area contributed by atoms with Gasteiger partial charge in [0.15, 0.2) is 18.2 Å². The number of hydrogen-bond acceptors (Lipinski definition) is 4. The van der Waals surface area contributed by atoms with Gasteiger partial charge in [-0.3, -0.25) is 9.59 Å². The third-order valence-electron chi connectivity index (χ3n) is 3.73. The first-order valence-corrected chi connectivity index (χ1v) is 8.57. The van der Waals surface area contributed by atoms with Crippen molar-refractivity contribution in [3.63, 3.8) is 0 Å². The highest BCUT2D eigenvalue weighted by Crippen LogP contribution is 2.17. The highest BCUT2D eigenvalue weighted by Gasteiger charge is 2.17. The first-order chi connectivity index (χ1) is 12.5. The normalized spacial score (nSPS) is 11.5. The number of halogens is 1. The molecule has 1 aromatic heterocycles. The van der Waals surface area contributed by atoms with Gasteiger partial charge in [0.2, 0.25) is 0 Å². The first kappa shape index (κ1) is 19.7. The van der Waals surface area contributed by atoms with Gasteiger partial charge in [-0.25, -0.2) is 4.98 Å². The number of methoxy groups -OCH3 is 1. The quantitative estimate of drug-likeness (QED) is 0.604. The van der Waals surface area contributed by atoms with Crippen molar-refractivity contribution in [2.24, 2.45) is 0 Å². The Labute approximate surface area is 157 Å². The molecule has 1 aromatic carbocycles. The van der Waals surface area contributed by atoms with E-state index in [2.05, 4.69) is 15.6 Å². The molecule has 3 N–H and O–H groups in total. The molecule has 1 unspecified atom stereocenters. The molecule has 0 aliphatic heterocycles. The number of pyridine rings is 1. The average Bonchev–Trinajstić information content (AvgIpc) is 2.63. The van der Waals surface area contributed by atoms with Crippen LogP contribution in [-0.2, 0) is 9.59 Å². The van der Waals surface area contributed by atoms with Gasteiger partial charge in [0.25, 0.3) is 11.8 Å². The van der Waals surface area contributed by atoms with E-state index in [4.69, 9.17) is 16.3 Å². The fourth-order valence-corrected chi connectivity index (χ4v) is 2.49. The Morgan fingerprint density at radius 1 is 1.12 bits per heavy atom. The van der Waals surface area contributed by atoms with E-state index >= 15 is 0 Å². The molecule has 0 bridgehead atoms. The van der Waals surface area contributed by atoms with Crippen LogP contribution in [0.1, 0.15) is 6.92 Å². The maximum atomic E-state index is 12.2. The molecule has 2 rings (SSSR count). The number of amides is 2. The Morgan fingerprint density at radius 3 is 2.35 bits per heavy atom. The highest BCUT2D eigenvalue weighted by atomic mass is 35.5. The Hall–Kier alpha value is -2.64. The number of hydrogen-bond donors (Lipinski definition) is 3. The minimum absolute atomic E-state index is 0.151. The molecule has 1 heterocycles. The Kier molecular flexibility index (Phi) is 7.37. The summed E-state index contributed by atoms with van der Waals surface area (Å²) in [6.45, 7) is 2.87. The standard InChI is InChI=1S/C18H21ClN4O3/c1-3-23(12-17(25)22-15-5-4-10-20-18(15)19)11-16(24)21-13-6-8-14(26-2)9-7-13/h4-10H,3,11-12H2,1-2H3,(H,21,24)(H,22,25)/p+1. The summed E-state index contributed by atoms with van der Waals surface area (Å²) in [5, 5.41) is 5.76. The number of ether oxygens (including phenoxy) is 1. The number of carbonyl (C=O) groups is 2. The van der Waals surface area contributed by atoms with Crippen LogP contribution in [0.3, 0.4) is 0 Å². The molecule has 1 atom stereocenters. The van der Waals surface area contributed by atoms with Crippen LogP contribution in [0, 0.1) is 0 Å². The fourth-order valence-electron chi connectivity index (χ4n) is 2.32. The molecule has 0 spiro atoms. The predicted molar refractivity (Wildman–Crippen MR) is 101 cm³/mol. The number of likely N-dealkylation sites (N-methyl/N-ethyl adjacent to an activating group) is 1. The largest absolute Gasteiger partial charge is 0.497 e. The number of aromatic nitrogens is 1. The van der Waals surface area contributed by atoms with Gasteiger partial charge in [-0.2, -0.15) is 0 Å². The lowest BCUT2D eigenvalue weighted by Gasteiger charge is -2.17. The van der Waals surface area contributed by atoms with E-state index in [0.29, 0.717) is 17.9 Å². The Balaban J connectivity index is 1.86. The van der Waals surface area contributed by atoms with Crippen LogP contribution in [-0.4, -0.2) is 43.5 Å². The second-order valence-electron chi connectivity index (χ2n) is 5.62. The molecule has 26 heavy (non-hydrogen) atoms. The maximum absolute atomic E-state index is 12.2. The Bertz CT molecular complexity index is 752. The zero-order valence-corrected chi connectivity index (χ0v) is 15.5. The third-order valence-corrected chi connectivity index (χ3v) is 4.03. The van der Waals surface area contributed by atoms with Crippen molar-refractivity contribution in [2.75, 3.05) is 37.4 Å². The van der Waals surface area contributed by atoms with E-state index in [-0.39, 0.29) is 30.1 Å². The molecule has 0 saturated carbocycles. The van der Waals surface area contributed by atoms with Crippen LogP contribution >= 0.6 is 11.6 Å². The number of nitrogens with one attached hydrogen (secondary N) is 3. The zero-order chi connectivity index (χ0) is 18.9. The van der Waals surface area contributed by atoms with E-state index < -0.39 is 0 Å². The summed E-state index contributed by atoms with van der Waals surface area (Å²) >= 11 is 5.93.